The number of aryl methyl sites for hydroxylation is 2. The van der Waals surface area contributed by atoms with Crippen molar-refractivity contribution in [1.82, 2.24) is 0 Å². The lowest BCUT2D eigenvalue weighted by atomic mass is 9.82. The molecule has 0 bridgehead atoms. The zero-order valence-corrected chi connectivity index (χ0v) is 11.3. The van der Waals surface area contributed by atoms with Gasteiger partial charge in [-0.3, -0.25) is 0 Å². The van der Waals surface area contributed by atoms with Crippen molar-refractivity contribution in [3.8, 4) is 0 Å². The Hall–Kier alpha value is -1.74. The predicted molar refractivity (Wildman–Crippen MR) is 72.9 cm³/mol. The summed E-state index contributed by atoms with van der Waals surface area (Å²) in [5.41, 5.74) is 9.08. The molecule has 0 amide bonds. The molecule has 0 saturated carbocycles. The van der Waals surface area contributed by atoms with Crippen LogP contribution in [0.2, 0.25) is 0 Å². The van der Waals surface area contributed by atoms with Gasteiger partial charge >= 0.3 is 0 Å². The maximum Gasteiger partial charge on any atom is 0.159 e. The van der Waals surface area contributed by atoms with Crippen molar-refractivity contribution < 1.29 is 8.78 Å². The SMILES string of the molecule is Cc1ccc(C)c(C(C)(N)c2ccc(F)c(F)c2)c1. The predicted octanol–water partition coefficient (Wildman–Crippen LogP) is 3.80. The van der Waals surface area contributed by atoms with Crippen LogP contribution in [-0.4, -0.2) is 0 Å². The van der Waals surface area contributed by atoms with Crippen molar-refractivity contribution in [3.63, 3.8) is 0 Å². The largest absolute Gasteiger partial charge is 0.318 e. The fourth-order valence-electron chi connectivity index (χ4n) is 2.27. The molecule has 0 heterocycles. The van der Waals surface area contributed by atoms with Gasteiger partial charge in [0.1, 0.15) is 0 Å². The van der Waals surface area contributed by atoms with Gasteiger partial charge in [-0.15, -0.1) is 0 Å². The third-order valence-electron chi connectivity index (χ3n) is 3.47. The Morgan fingerprint density at radius 1 is 0.947 bits per heavy atom. The summed E-state index contributed by atoms with van der Waals surface area (Å²) in [6, 6.07) is 9.77. The van der Waals surface area contributed by atoms with E-state index < -0.39 is 17.2 Å². The molecule has 0 aliphatic heterocycles. The molecule has 1 unspecified atom stereocenters. The second kappa shape index (κ2) is 4.74. The standard InChI is InChI=1S/C16H17F2N/c1-10-4-5-11(2)13(8-10)16(3,19)12-6-7-14(17)15(18)9-12/h4-9H,19H2,1-3H3. The van der Waals surface area contributed by atoms with Gasteiger partial charge in [0.05, 0.1) is 5.54 Å². The summed E-state index contributed by atoms with van der Waals surface area (Å²) in [7, 11) is 0. The Bertz CT molecular complexity index is 618. The van der Waals surface area contributed by atoms with E-state index in [4.69, 9.17) is 5.73 Å². The van der Waals surface area contributed by atoms with E-state index in [0.717, 1.165) is 28.8 Å². The zero-order valence-electron chi connectivity index (χ0n) is 11.3. The molecule has 0 aliphatic rings. The molecular formula is C16H17F2N. The van der Waals surface area contributed by atoms with E-state index in [2.05, 4.69) is 0 Å². The lowest BCUT2D eigenvalue weighted by Gasteiger charge is -2.28. The molecule has 2 aromatic carbocycles. The molecule has 0 aliphatic carbocycles. The first kappa shape index (κ1) is 13.7. The summed E-state index contributed by atoms with van der Waals surface area (Å²) < 4.78 is 26.4. The summed E-state index contributed by atoms with van der Waals surface area (Å²) >= 11 is 0. The molecule has 2 N–H and O–H groups in total. The summed E-state index contributed by atoms with van der Waals surface area (Å²) in [6.45, 7) is 5.74. The second-order valence-electron chi connectivity index (χ2n) is 5.15. The molecule has 2 rings (SSSR count). The van der Waals surface area contributed by atoms with Crippen LogP contribution in [0.4, 0.5) is 8.78 Å². The van der Waals surface area contributed by atoms with Gasteiger partial charge in [0.25, 0.3) is 0 Å². The second-order valence-corrected chi connectivity index (χ2v) is 5.15. The Morgan fingerprint density at radius 2 is 1.63 bits per heavy atom. The summed E-state index contributed by atoms with van der Waals surface area (Å²) in [5, 5.41) is 0. The van der Waals surface area contributed by atoms with Crippen LogP contribution in [0, 0.1) is 25.5 Å². The van der Waals surface area contributed by atoms with E-state index in [1.807, 2.05) is 32.0 Å². The highest BCUT2D eigenvalue weighted by atomic mass is 19.2. The third kappa shape index (κ3) is 2.51. The first-order chi connectivity index (χ1) is 8.82. The number of hydrogen-bond donors (Lipinski definition) is 1. The number of benzene rings is 2. The van der Waals surface area contributed by atoms with Crippen molar-refractivity contribution in [2.24, 2.45) is 5.73 Å². The van der Waals surface area contributed by atoms with Crippen LogP contribution in [-0.2, 0) is 5.54 Å². The highest BCUT2D eigenvalue weighted by molar-refractivity contribution is 5.43. The van der Waals surface area contributed by atoms with E-state index in [1.54, 1.807) is 6.92 Å². The van der Waals surface area contributed by atoms with Crippen LogP contribution in [0.5, 0.6) is 0 Å². The molecule has 1 atom stereocenters. The molecule has 1 nitrogen and oxygen atoms in total. The topological polar surface area (TPSA) is 26.0 Å². The molecular weight excluding hydrogens is 244 g/mol. The number of nitrogens with two attached hydrogens (primary N) is 1. The average molecular weight is 261 g/mol. The lowest BCUT2D eigenvalue weighted by Crippen LogP contribution is -2.35. The Labute approximate surface area is 112 Å². The van der Waals surface area contributed by atoms with E-state index in [1.165, 1.54) is 6.07 Å². The average Bonchev–Trinajstić information content (AvgIpc) is 2.35. The molecule has 0 spiro atoms. The first-order valence-corrected chi connectivity index (χ1v) is 6.14. The minimum atomic E-state index is -0.875. The van der Waals surface area contributed by atoms with Gasteiger partial charge in [-0.2, -0.15) is 0 Å². The molecule has 19 heavy (non-hydrogen) atoms. The Morgan fingerprint density at radius 3 is 2.26 bits per heavy atom. The van der Waals surface area contributed by atoms with Crippen LogP contribution >= 0.6 is 0 Å². The number of rotatable bonds is 2. The van der Waals surface area contributed by atoms with Gasteiger partial charge in [-0.25, -0.2) is 8.78 Å². The molecule has 0 fully saturated rings. The third-order valence-corrected chi connectivity index (χ3v) is 3.47. The van der Waals surface area contributed by atoms with Crippen LogP contribution < -0.4 is 5.73 Å². The highest BCUT2D eigenvalue weighted by Crippen LogP contribution is 2.30. The van der Waals surface area contributed by atoms with Crippen LogP contribution in [0.3, 0.4) is 0 Å². The van der Waals surface area contributed by atoms with Gasteiger partial charge in [0.2, 0.25) is 0 Å². The monoisotopic (exact) mass is 261 g/mol. The first-order valence-electron chi connectivity index (χ1n) is 6.14. The van der Waals surface area contributed by atoms with Gasteiger partial charge < -0.3 is 5.73 Å². The van der Waals surface area contributed by atoms with Gasteiger partial charge in [0.15, 0.2) is 11.6 Å². The minimum Gasteiger partial charge on any atom is -0.318 e. The zero-order chi connectivity index (χ0) is 14.2. The highest BCUT2D eigenvalue weighted by Gasteiger charge is 2.26. The maximum atomic E-state index is 13.4. The number of halogens is 2. The number of hydrogen-bond acceptors (Lipinski definition) is 1. The molecule has 3 heteroatoms. The molecule has 2 aromatic rings. The summed E-state index contributed by atoms with van der Waals surface area (Å²) in [4.78, 5) is 0. The van der Waals surface area contributed by atoms with E-state index in [-0.39, 0.29) is 0 Å². The van der Waals surface area contributed by atoms with Crippen molar-refractivity contribution in [1.29, 1.82) is 0 Å². The van der Waals surface area contributed by atoms with E-state index >= 15 is 0 Å². The normalized spacial score (nSPS) is 14.2. The summed E-state index contributed by atoms with van der Waals surface area (Å²) in [5.74, 6) is -1.74. The molecule has 0 radical (unpaired) electrons. The fraction of sp³-hybridized carbons (Fsp3) is 0.250. The van der Waals surface area contributed by atoms with Crippen LogP contribution in [0.1, 0.15) is 29.2 Å². The molecule has 100 valence electrons. The minimum absolute atomic E-state index is 0.556. The van der Waals surface area contributed by atoms with E-state index in [9.17, 15) is 8.78 Å². The van der Waals surface area contributed by atoms with Gasteiger partial charge in [-0.1, -0.05) is 29.8 Å². The van der Waals surface area contributed by atoms with Crippen molar-refractivity contribution >= 4 is 0 Å². The van der Waals surface area contributed by atoms with E-state index in [0.29, 0.717) is 5.56 Å². The maximum absolute atomic E-state index is 13.4. The smallest absolute Gasteiger partial charge is 0.159 e. The van der Waals surface area contributed by atoms with Crippen molar-refractivity contribution in [3.05, 3.63) is 70.3 Å². The Balaban J connectivity index is 2.57. The Kier molecular flexibility index (Phi) is 3.42. The molecule has 0 aromatic heterocycles. The van der Waals surface area contributed by atoms with Crippen LogP contribution in [0.15, 0.2) is 36.4 Å². The van der Waals surface area contributed by atoms with Gasteiger partial charge in [-0.05, 0) is 49.6 Å². The lowest BCUT2D eigenvalue weighted by molar-refractivity contribution is 0.500. The quantitative estimate of drug-likeness (QED) is 0.874. The van der Waals surface area contributed by atoms with Gasteiger partial charge in [0, 0.05) is 0 Å². The molecule has 0 saturated heterocycles. The van der Waals surface area contributed by atoms with Crippen molar-refractivity contribution in [2.75, 3.05) is 0 Å². The summed E-state index contributed by atoms with van der Waals surface area (Å²) in [6.07, 6.45) is 0. The fourth-order valence-corrected chi connectivity index (χ4v) is 2.27. The van der Waals surface area contributed by atoms with Crippen molar-refractivity contribution in [2.45, 2.75) is 26.3 Å². The van der Waals surface area contributed by atoms with Crippen LogP contribution in [0.25, 0.3) is 0 Å².